The number of carbonyl (C=O) groups is 3. The molecule has 34 heavy (non-hydrogen) atoms. The Balaban J connectivity index is 0.00000133. The molecule has 4 amide bonds. The van der Waals surface area contributed by atoms with Gasteiger partial charge in [-0.3, -0.25) is 19.5 Å². The second kappa shape index (κ2) is 10.0. The van der Waals surface area contributed by atoms with Gasteiger partial charge in [0.05, 0.1) is 28.6 Å². The number of pyridine rings is 2. The van der Waals surface area contributed by atoms with E-state index in [2.05, 4.69) is 27.2 Å². The van der Waals surface area contributed by atoms with Crippen LogP contribution < -0.4 is 15.5 Å². The first kappa shape index (κ1) is 23.4. The third-order valence-corrected chi connectivity index (χ3v) is 6.70. The number of hydrogen-bond donors (Lipinski definition) is 2. The van der Waals surface area contributed by atoms with Crippen molar-refractivity contribution < 1.29 is 14.4 Å². The Labute approximate surface area is 201 Å². The zero-order valence-electron chi connectivity index (χ0n) is 19.1. The lowest BCUT2D eigenvalue weighted by atomic mass is 10.1. The second-order valence-corrected chi connectivity index (χ2v) is 8.59. The minimum absolute atomic E-state index is 0.141. The van der Waals surface area contributed by atoms with E-state index in [0.717, 1.165) is 18.2 Å². The summed E-state index contributed by atoms with van der Waals surface area (Å²) in [6.07, 6.45) is 7.74. The monoisotopic (exact) mass is 478 g/mol. The standard InChI is InChI=1S/C22H20N6O3S.C2H6/c1-2-16(29)27-10-4-5-13(12-27)25-20(30)19-18-17-15(7-9-24-21(17)32-19)28(22(31)26-18)14-6-3-8-23-11-14;1-2/h2-3,6-9,11,13H,1,4-5,10,12H2,(H,25,30)(H,26,31);1-2H3/t13-;/m1./s1. The summed E-state index contributed by atoms with van der Waals surface area (Å²) in [5.74, 6) is -0.431. The maximum Gasteiger partial charge on any atom is 0.331 e. The minimum atomic E-state index is -0.370. The van der Waals surface area contributed by atoms with E-state index in [1.165, 1.54) is 22.3 Å². The van der Waals surface area contributed by atoms with Gasteiger partial charge in [-0.2, -0.15) is 0 Å². The molecule has 2 aliphatic rings. The maximum absolute atomic E-state index is 13.2. The van der Waals surface area contributed by atoms with Crippen LogP contribution in [0, 0.1) is 0 Å². The van der Waals surface area contributed by atoms with Crippen LogP contribution in [-0.2, 0) is 4.79 Å². The SMILES string of the molecule is C=CC(=O)N1CCC[C@@H](NC(=O)c2sc3nccc4c3c2NC(=O)N4c2cccnc2)C1.CC. The molecule has 0 aliphatic carbocycles. The lowest BCUT2D eigenvalue weighted by molar-refractivity contribution is -0.127. The van der Waals surface area contributed by atoms with Crippen molar-refractivity contribution in [3.8, 4) is 0 Å². The molecular formula is C24H26N6O3S. The number of amides is 4. The van der Waals surface area contributed by atoms with Crippen LogP contribution in [0.5, 0.6) is 0 Å². The van der Waals surface area contributed by atoms with Gasteiger partial charge in [-0.15, -0.1) is 11.3 Å². The molecule has 9 nitrogen and oxygen atoms in total. The Hall–Kier alpha value is -3.79. The predicted molar refractivity (Wildman–Crippen MR) is 134 cm³/mol. The first-order valence-electron chi connectivity index (χ1n) is 11.2. The van der Waals surface area contributed by atoms with E-state index < -0.39 is 0 Å². The molecule has 0 bridgehead atoms. The van der Waals surface area contributed by atoms with Crippen LogP contribution in [0.2, 0.25) is 0 Å². The Morgan fingerprint density at radius 2 is 2.12 bits per heavy atom. The Kier molecular flexibility index (Phi) is 6.87. The lowest BCUT2D eigenvalue weighted by Gasteiger charge is -2.32. The molecule has 2 aliphatic heterocycles. The van der Waals surface area contributed by atoms with Crippen LogP contribution in [0.1, 0.15) is 36.4 Å². The molecule has 1 saturated heterocycles. The minimum Gasteiger partial charge on any atom is -0.347 e. The van der Waals surface area contributed by atoms with Crippen molar-refractivity contribution in [1.29, 1.82) is 0 Å². The van der Waals surface area contributed by atoms with Crippen LogP contribution in [0.3, 0.4) is 0 Å². The number of nitrogens with one attached hydrogen (secondary N) is 2. The number of anilines is 3. The van der Waals surface area contributed by atoms with Crippen molar-refractivity contribution in [3.63, 3.8) is 0 Å². The summed E-state index contributed by atoms with van der Waals surface area (Å²) < 4.78 is 0. The smallest absolute Gasteiger partial charge is 0.331 e. The number of hydrogen-bond acceptors (Lipinski definition) is 6. The lowest BCUT2D eigenvalue weighted by Crippen LogP contribution is -2.49. The highest BCUT2D eigenvalue weighted by Crippen LogP contribution is 2.45. The van der Waals surface area contributed by atoms with E-state index in [9.17, 15) is 14.4 Å². The summed E-state index contributed by atoms with van der Waals surface area (Å²) >= 11 is 1.23. The van der Waals surface area contributed by atoms with Gasteiger partial charge >= 0.3 is 6.03 Å². The highest BCUT2D eigenvalue weighted by atomic mass is 32.1. The van der Waals surface area contributed by atoms with E-state index in [0.29, 0.717) is 39.9 Å². The number of rotatable bonds is 4. The Morgan fingerprint density at radius 1 is 1.29 bits per heavy atom. The largest absolute Gasteiger partial charge is 0.347 e. The van der Waals surface area contributed by atoms with Crippen LogP contribution in [0.15, 0.2) is 49.4 Å². The highest BCUT2D eigenvalue weighted by Gasteiger charge is 2.33. The average Bonchev–Trinajstić information content (AvgIpc) is 3.25. The molecule has 5 heterocycles. The number of likely N-dealkylation sites (tertiary alicyclic amines) is 1. The molecule has 1 atom stereocenters. The van der Waals surface area contributed by atoms with Crippen LogP contribution in [0.25, 0.3) is 10.2 Å². The van der Waals surface area contributed by atoms with Crippen molar-refractivity contribution >= 4 is 56.5 Å². The van der Waals surface area contributed by atoms with E-state index in [1.807, 2.05) is 13.8 Å². The van der Waals surface area contributed by atoms with Crippen molar-refractivity contribution in [2.24, 2.45) is 0 Å². The number of piperidine rings is 1. The second-order valence-electron chi connectivity index (χ2n) is 7.59. The summed E-state index contributed by atoms with van der Waals surface area (Å²) in [4.78, 5) is 50.9. The zero-order chi connectivity index (χ0) is 24.2. The molecule has 5 rings (SSSR count). The summed E-state index contributed by atoms with van der Waals surface area (Å²) in [7, 11) is 0. The van der Waals surface area contributed by atoms with Gasteiger partial charge in [0.25, 0.3) is 5.91 Å². The normalized spacial score (nSPS) is 16.9. The van der Waals surface area contributed by atoms with E-state index in [1.54, 1.807) is 41.7 Å². The molecule has 0 unspecified atom stereocenters. The molecule has 1 fully saturated rings. The van der Waals surface area contributed by atoms with E-state index >= 15 is 0 Å². The molecule has 0 saturated carbocycles. The van der Waals surface area contributed by atoms with Gasteiger partial charge in [-0.05, 0) is 37.1 Å². The molecule has 10 heteroatoms. The summed E-state index contributed by atoms with van der Waals surface area (Å²) in [6.45, 7) is 8.62. The third kappa shape index (κ3) is 4.24. The molecule has 0 aromatic carbocycles. The van der Waals surface area contributed by atoms with Gasteiger partial charge in [0.2, 0.25) is 5.91 Å². The molecule has 0 spiro atoms. The van der Waals surface area contributed by atoms with E-state index in [-0.39, 0.29) is 23.9 Å². The number of nitrogens with zero attached hydrogens (tertiary/aromatic N) is 4. The number of carbonyl (C=O) groups excluding carboxylic acids is 3. The fourth-order valence-electron chi connectivity index (χ4n) is 4.16. The molecule has 0 radical (unpaired) electrons. The molecule has 3 aromatic rings. The van der Waals surface area contributed by atoms with Crippen LogP contribution in [-0.4, -0.2) is 51.8 Å². The van der Waals surface area contributed by atoms with Gasteiger partial charge in [0, 0.05) is 31.5 Å². The summed E-state index contributed by atoms with van der Waals surface area (Å²) in [5.41, 5.74) is 1.73. The van der Waals surface area contributed by atoms with Crippen molar-refractivity contribution in [1.82, 2.24) is 20.2 Å². The summed E-state index contributed by atoms with van der Waals surface area (Å²) in [6, 6.07) is 4.77. The zero-order valence-corrected chi connectivity index (χ0v) is 19.9. The van der Waals surface area contributed by atoms with Crippen LogP contribution in [0.4, 0.5) is 21.9 Å². The van der Waals surface area contributed by atoms with Crippen molar-refractivity contribution in [2.45, 2.75) is 32.7 Å². The summed E-state index contributed by atoms with van der Waals surface area (Å²) in [5, 5.41) is 6.61. The Morgan fingerprint density at radius 3 is 2.85 bits per heavy atom. The fourth-order valence-corrected chi connectivity index (χ4v) is 5.18. The Bertz CT molecular complexity index is 1240. The van der Waals surface area contributed by atoms with Crippen molar-refractivity contribution in [3.05, 3.63) is 54.3 Å². The molecule has 176 valence electrons. The average molecular weight is 479 g/mol. The molecule has 3 aromatic heterocycles. The first-order valence-corrected chi connectivity index (χ1v) is 12.0. The molecular weight excluding hydrogens is 452 g/mol. The topological polar surface area (TPSA) is 108 Å². The van der Waals surface area contributed by atoms with Gasteiger partial charge < -0.3 is 15.5 Å². The van der Waals surface area contributed by atoms with Gasteiger partial charge in [-0.25, -0.2) is 9.78 Å². The van der Waals surface area contributed by atoms with E-state index in [4.69, 9.17) is 0 Å². The van der Waals surface area contributed by atoms with Gasteiger partial charge in [0.15, 0.2) is 0 Å². The molecule has 2 N–H and O–H groups in total. The van der Waals surface area contributed by atoms with Crippen molar-refractivity contribution in [2.75, 3.05) is 23.3 Å². The number of urea groups is 1. The van der Waals surface area contributed by atoms with Gasteiger partial charge in [0.1, 0.15) is 9.71 Å². The van der Waals surface area contributed by atoms with Crippen LogP contribution >= 0.6 is 11.3 Å². The third-order valence-electron chi connectivity index (χ3n) is 5.60. The first-order chi connectivity index (χ1) is 16.6. The number of thiophene rings is 1. The fraction of sp³-hybridized carbons (Fsp3) is 0.292. The number of aromatic nitrogens is 2. The maximum atomic E-state index is 13.2. The highest BCUT2D eigenvalue weighted by molar-refractivity contribution is 7.21. The quantitative estimate of drug-likeness (QED) is 0.544. The van der Waals surface area contributed by atoms with Gasteiger partial charge in [-0.1, -0.05) is 20.4 Å². The predicted octanol–water partition coefficient (Wildman–Crippen LogP) is 4.31.